The van der Waals surface area contributed by atoms with E-state index in [4.69, 9.17) is 0 Å². The van der Waals surface area contributed by atoms with E-state index in [2.05, 4.69) is 36.1 Å². The fraction of sp³-hybridized carbons (Fsp3) is 0.533. The molecule has 0 unspecified atom stereocenters. The number of benzene rings is 1. The van der Waals surface area contributed by atoms with Crippen LogP contribution in [0.25, 0.3) is 0 Å². The van der Waals surface area contributed by atoms with Crippen LogP contribution in [0.1, 0.15) is 26.7 Å². The Labute approximate surface area is 104 Å². The van der Waals surface area contributed by atoms with Crippen LogP contribution in [-0.4, -0.2) is 18.9 Å². The molecule has 1 aromatic carbocycles. The highest BCUT2D eigenvalue weighted by Gasteiger charge is 2.35. The van der Waals surface area contributed by atoms with Gasteiger partial charge in [0.15, 0.2) is 0 Å². The van der Waals surface area contributed by atoms with Crippen LogP contribution in [0, 0.1) is 11.8 Å². The second kappa shape index (κ2) is 5.35. The van der Waals surface area contributed by atoms with Gasteiger partial charge >= 0.3 is 0 Å². The first-order chi connectivity index (χ1) is 8.26. The summed E-state index contributed by atoms with van der Waals surface area (Å²) in [7, 11) is 0. The zero-order valence-electron chi connectivity index (χ0n) is 10.7. The van der Waals surface area contributed by atoms with Crippen molar-refractivity contribution in [1.29, 1.82) is 0 Å². The van der Waals surface area contributed by atoms with E-state index in [1.165, 1.54) is 5.69 Å². The van der Waals surface area contributed by atoms with Crippen molar-refractivity contribution in [2.45, 2.75) is 26.7 Å². The zero-order valence-corrected chi connectivity index (χ0v) is 10.7. The Morgan fingerprint density at radius 1 is 1.24 bits per heavy atom. The Balaban J connectivity index is 2.12. The highest BCUT2D eigenvalue weighted by Crippen LogP contribution is 2.31. The molecule has 2 heteroatoms. The van der Waals surface area contributed by atoms with E-state index in [9.17, 15) is 4.79 Å². The Morgan fingerprint density at radius 3 is 2.53 bits per heavy atom. The maximum absolute atomic E-state index is 11.9. The van der Waals surface area contributed by atoms with Crippen molar-refractivity contribution in [2.24, 2.45) is 11.8 Å². The molecule has 1 aromatic rings. The number of rotatable bonds is 4. The molecule has 2 atom stereocenters. The third kappa shape index (κ3) is 2.51. The predicted molar refractivity (Wildman–Crippen MR) is 71.2 cm³/mol. The van der Waals surface area contributed by atoms with Gasteiger partial charge in [0, 0.05) is 31.1 Å². The van der Waals surface area contributed by atoms with Crippen molar-refractivity contribution < 1.29 is 4.79 Å². The van der Waals surface area contributed by atoms with Crippen molar-refractivity contribution in [3.63, 3.8) is 0 Å². The molecule has 1 fully saturated rings. The van der Waals surface area contributed by atoms with E-state index in [-0.39, 0.29) is 5.92 Å². The van der Waals surface area contributed by atoms with Gasteiger partial charge in [-0.1, -0.05) is 38.5 Å². The van der Waals surface area contributed by atoms with Gasteiger partial charge in [0.25, 0.3) is 0 Å². The lowest BCUT2D eigenvalue weighted by Crippen LogP contribution is -2.23. The molecule has 0 radical (unpaired) electrons. The molecule has 0 aliphatic carbocycles. The number of Topliss-reactive ketones (excluding diaryl/α,β-unsaturated/α-hetero) is 1. The van der Waals surface area contributed by atoms with Crippen LogP contribution in [0.15, 0.2) is 30.3 Å². The zero-order chi connectivity index (χ0) is 12.3. The first-order valence-electron chi connectivity index (χ1n) is 6.59. The average Bonchev–Trinajstić information content (AvgIpc) is 2.83. The fourth-order valence-corrected chi connectivity index (χ4v) is 2.76. The molecular formula is C15H21NO. The van der Waals surface area contributed by atoms with Gasteiger partial charge in [0.2, 0.25) is 0 Å². The van der Waals surface area contributed by atoms with Crippen LogP contribution in [0.5, 0.6) is 0 Å². The summed E-state index contributed by atoms with van der Waals surface area (Å²) >= 11 is 0. The van der Waals surface area contributed by atoms with Gasteiger partial charge in [-0.2, -0.15) is 0 Å². The van der Waals surface area contributed by atoms with Crippen molar-refractivity contribution in [3.05, 3.63) is 30.3 Å². The first-order valence-corrected chi connectivity index (χ1v) is 6.59. The SMILES string of the molecule is CCC(=O)[C@H]1CN(c2ccccc2)C[C@H]1CC. The van der Waals surface area contributed by atoms with Crippen molar-refractivity contribution in [3.8, 4) is 0 Å². The molecule has 17 heavy (non-hydrogen) atoms. The molecule has 0 N–H and O–H groups in total. The summed E-state index contributed by atoms with van der Waals surface area (Å²) < 4.78 is 0. The number of ketones is 1. The fourth-order valence-electron chi connectivity index (χ4n) is 2.76. The van der Waals surface area contributed by atoms with Gasteiger partial charge in [-0.3, -0.25) is 4.79 Å². The number of anilines is 1. The second-order valence-corrected chi connectivity index (χ2v) is 4.84. The molecule has 0 amide bonds. The Morgan fingerprint density at radius 2 is 1.94 bits per heavy atom. The summed E-state index contributed by atoms with van der Waals surface area (Å²) in [5, 5.41) is 0. The average molecular weight is 231 g/mol. The van der Waals surface area contributed by atoms with Crippen LogP contribution < -0.4 is 4.90 Å². The van der Waals surface area contributed by atoms with Crippen LogP contribution in [0.2, 0.25) is 0 Å². The third-order valence-corrected chi connectivity index (χ3v) is 3.85. The number of nitrogens with zero attached hydrogens (tertiary/aromatic N) is 1. The molecule has 2 nitrogen and oxygen atoms in total. The maximum Gasteiger partial charge on any atom is 0.137 e. The Hall–Kier alpha value is -1.31. The molecule has 0 saturated carbocycles. The van der Waals surface area contributed by atoms with E-state index >= 15 is 0 Å². The lowest BCUT2D eigenvalue weighted by Gasteiger charge is -2.18. The van der Waals surface area contributed by atoms with E-state index in [0.717, 1.165) is 19.5 Å². The lowest BCUT2D eigenvalue weighted by atomic mass is 9.89. The minimum Gasteiger partial charge on any atom is -0.370 e. The molecule has 1 aliphatic rings. The molecule has 0 aromatic heterocycles. The quantitative estimate of drug-likeness (QED) is 0.793. The predicted octanol–water partition coefficient (Wildman–Crippen LogP) is 3.13. The molecule has 1 saturated heterocycles. The lowest BCUT2D eigenvalue weighted by molar-refractivity contribution is -0.123. The van der Waals surface area contributed by atoms with E-state index in [0.29, 0.717) is 18.1 Å². The maximum atomic E-state index is 11.9. The summed E-state index contributed by atoms with van der Waals surface area (Å²) in [5.41, 5.74) is 1.25. The largest absolute Gasteiger partial charge is 0.370 e. The van der Waals surface area contributed by atoms with Gasteiger partial charge in [-0.15, -0.1) is 0 Å². The normalized spacial score (nSPS) is 24.0. The number of hydrogen-bond donors (Lipinski definition) is 0. The first kappa shape index (κ1) is 12.2. The summed E-state index contributed by atoms with van der Waals surface area (Å²) in [5.74, 6) is 1.20. The molecule has 0 bridgehead atoms. The molecule has 1 aliphatic heterocycles. The minimum atomic E-state index is 0.241. The monoisotopic (exact) mass is 231 g/mol. The highest BCUT2D eigenvalue weighted by atomic mass is 16.1. The standard InChI is InChI=1S/C15H21NO/c1-3-12-10-16(11-14(12)15(17)4-2)13-8-6-5-7-9-13/h5-9,12,14H,3-4,10-11H2,1-2H3/t12-,14+/m1/s1. The van der Waals surface area contributed by atoms with E-state index in [1.54, 1.807) is 0 Å². The van der Waals surface area contributed by atoms with Crippen LogP contribution in [0.4, 0.5) is 5.69 Å². The third-order valence-electron chi connectivity index (χ3n) is 3.85. The topological polar surface area (TPSA) is 20.3 Å². The minimum absolute atomic E-state index is 0.241. The van der Waals surface area contributed by atoms with E-state index in [1.807, 2.05) is 13.0 Å². The molecule has 1 heterocycles. The molecule has 92 valence electrons. The van der Waals surface area contributed by atoms with Gasteiger partial charge < -0.3 is 4.90 Å². The Kier molecular flexibility index (Phi) is 3.82. The van der Waals surface area contributed by atoms with Crippen LogP contribution >= 0.6 is 0 Å². The van der Waals surface area contributed by atoms with Gasteiger partial charge in [0.1, 0.15) is 5.78 Å². The second-order valence-electron chi connectivity index (χ2n) is 4.84. The molecular weight excluding hydrogens is 210 g/mol. The van der Waals surface area contributed by atoms with Crippen LogP contribution in [0.3, 0.4) is 0 Å². The summed E-state index contributed by atoms with van der Waals surface area (Å²) in [6, 6.07) is 10.4. The van der Waals surface area contributed by atoms with Crippen molar-refractivity contribution in [1.82, 2.24) is 0 Å². The highest BCUT2D eigenvalue weighted by molar-refractivity contribution is 5.82. The van der Waals surface area contributed by atoms with Crippen molar-refractivity contribution >= 4 is 11.5 Å². The smallest absolute Gasteiger partial charge is 0.137 e. The van der Waals surface area contributed by atoms with Gasteiger partial charge in [-0.25, -0.2) is 0 Å². The van der Waals surface area contributed by atoms with E-state index < -0.39 is 0 Å². The van der Waals surface area contributed by atoms with Crippen molar-refractivity contribution in [2.75, 3.05) is 18.0 Å². The molecule has 0 spiro atoms. The Bertz CT molecular complexity index is 374. The molecule has 2 rings (SSSR count). The number of carbonyl (C=O) groups is 1. The summed E-state index contributed by atoms with van der Waals surface area (Å²) in [6.45, 7) is 6.08. The number of carbonyl (C=O) groups excluding carboxylic acids is 1. The number of para-hydroxylation sites is 1. The summed E-state index contributed by atoms with van der Waals surface area (Å²) in [4.78, 5) is 14.3. The summed E-state index contributed by atoms with van der Waals surface area (Å²) in [6.07, 6.45) is 1.77. The van der Waals surface area contributed by atoms with Crippen LogP contribution in [-0.2, 0) is 4.79 Å². The number of hydrogen-bond acceptors (Lipinski definition) is 2. The van der Waals surface area contributed by atoms with Gasteiger partial charge in [-0.05, 0) is 18.1 Å². The van der Waals surface area contributed by atoms with Gasteiger partial charge in [0.05, 0.1) is 0 Å².